The summed E-state index contributed by atoms with van der Waals surface area (Å²) in [4.78, 5) is 24.7. The Morgan fingerprint density at radius 1 is 0.833 bits per heavy atom. The Morgan fingerprint density at radius 2 is 1.33 bits per heavy atom. The lowest BCUT2D eigenvalue weighted by Crippen LogP contribution is -2.36. The molecule has 0 saturated carbocycles. The first-order valence-corrected chi connectivity index (χ1v) is 12.0. The quantitative estimate of drug-likeness (QED) is 0.335. The number of nitrogens with zero attached hydrogens (tertiary/aromatic N) is 1. The Bertz CT molecular complexity index is 473. The molecule has 1 saturated heterocycles. The number of hydrogen-bond donors (Lipinski definition) is 3. The van der Waals surface area contributed by atoms with Crippen LogP contribution in [-0.4, -0.2) is 79.4 Å². The van der Waals surface area contributed by atoms with E-state index >= 15 is 0 Å². The first-order chi connectivity index (χ1) is 13.9. The molecule has 178 valence electrons. The minimum atomic E-state index is -0.423. The number of alkyl halides is 1. The highest BCUT2D eigenvalue weighted by Gasteiger charge is 2.16. The second-order valence-corrected chi connectivity index (χ2v) is 9.99. The van der Waals surface area contributed by atoms with Gasteiger partial charge in [-0.1, -0.05) is 15.9 Å². The van der Waals surface area contributed by atoms with Crippen LogP contribution in [0.25, 0.3) is 0 Å². The summed E-state index contributed by atoms with van der Waals surface area (Å²) in [6, 6.07) is 0. The molecule has 30 heavy (non-hydrogen) atoms. The monoisotopic (exact) mass is 494 g/mol. The number of hydrogen-bond acceptors (Lipinski definition) is 6. The van der Waals surface area contributed by atoms with Crippen LogP contribution in [0.2, 0.25) is 0 Å². The van der Waals surface area contributed by atoms with Gasteiger partial charge < -0.3 is 30.3 Å². The molecule has 0 radical (unpaired) electrons. The van der Waals surface area contributed by atoms with Gasteiger partial charge in [0, 0.05) is 25.0 Å². The fraction of sp³-hybridized carbons (Fsp3) is 0.905. The Balaban J connectivity index is 0.000000654. The molecular weight excluding hydrogens is 452 g/mol. The average Bonchev–Trinajstić information content (AvgIpc) is 3.10. The Kier molecular flexibility index (Phi) is 15.1. The molecule has 3 N–H and O–H groups in total. The van der Waals surface area contributed by atoms with Gasteiger partial charge in [0.2, 0.25) is 0 Å². The number of ether oxygens (including phenoxy) is 2. The first kappa shape index (κ1) is 28.9. The SMILES string of the molecule is CC(C)(C)OC(=O)NCCBr.CC(C)(C)OC(=O)NCCNCCCN1CCCC1. The van der Waals surface area contributed by atoms with E-state index in [0.29, 0.717) is 13.1 Å². The molecule has 1 rings (SSSR count). The molecule has 1 aliphatic rings. The lowest BCUT2D eigenvalue weighted by Gasteiger charge is -2.19. The van der Waals surface area contributed by atoms with Crippen molar-refractivity contribution in [1.29, 1.82) is 0 Å². The van der Waals surface area contributed by atoms with Gasteiger partial charge in [0.1, 0.15) is 11.2 Å². The van der Waals surface area contributed by atoms with Crippen LogP contribution in [-0.2, 0) is 9.47 Å². The molecule has 1 fully saturated rings. The zero-order valence-corrected chi connectivity index (χ0v) is 21.3. The molecule has 0 bridgehead atoms. The van der Waals surface area contributed by atoms with Gasteiger partial charge in [-0.05, 0) is 87.0 Å². The number of carbonyl (C=O) groups is 2. The van der Waals surface area contributed by atoms with Crippen LogP contribution in [0.1, 0.15) is 60.8 Å². The number of halogens is 1. The Labute approximate surface area is 191 Å². The van der Waals surface area contributed by atoms with Gasteiger partial charge in [-0.25, -0.2) is 9.59 Å². The molecule has 1 aliphatic heterocycles. The number of rotatable bonds is 9. The van der Waals surface area contributed by atoms with Crippen molar-refractivity contribution in [3.05, 3.63) is 0 Å². The molecule has 2 amide bonds. The number of nitrogens with one attached hydrogen (secondary N) is 3. The second kappa shape index (κ2) is 15.7. The predicted octanol–water partition coefficient (Wildman–Crippen LogP) is 3.49. The topological polar surface area (TPSA) is 91.9 Å². The average molecular weight is 496 g/mol. The van der Waals surface area contributed by atoms with E-state index in [1.807, 2.05) is 41.5 Å². The van der Waals surface area contributed by atoms with E-state index in [1.165, 1.54) is 38.9 Å². The maximum atomic E-state index is 11.4. The molecule has 0 unspecified atom stereocenters. The van der Waals surface area contributed by atoms with Gasteiger partial charge >= 0.3 is 12.2 Å². The summed E-state index contributed by atoms with van der Waals surface area (Å²) in [7, 11) is 0. The molecule has 0 aromatic rings. The summed E-state index contributed by atoms with van der Waals surface area (Å²) in [5, 5.41) is 9.39. The van der Waals surface area contributed by atoms with E-state index in [4.69, 9.17) is 9.47 Å². The fourth-order valence-corrected chi connectivity index (χ4v) is 2.79. The smallest absolute Gasteiger partial charge is 0.407 e. The zero-order chi connectivity index (χ0) is 23.0. The lowest BCUT2D eigenvalue weighted by atomic mass is 10.2. The van der Waals surface area contributed by atoms with E-state index in [2.05, 4.69) is 36.8 Å². The highest BCUT2D eigenvalue weighted by molar-refractivity contribution is 9.09. The summed E-state index contributed by atoms with van der Waals surface area (Å²) in [5.41, 5.74) is -0.830. The van der Waals surface area contributed by atoms with Crippen molar-refractivity contribution in [2.24, 2.45) is 0 Å². The summed E-state index contributed by atoms with van der Waals surface area (Å²) < 4.78 is 10.1. The largest absolute Gasteiger partial charge is 0.444 e. The van der Waals surface area contributed by atoms with Crippen LogP contribution in [0.4, 0.5) is 9.59 Å². The van der Waals surface area contributed by atoms with E-state index in [1.54, 1.807) is 0 Å². The highest BCUT2D eigenvalue weighted by Crippen LogP contribution is 2.07. The van der Waals surface area contributed by atoms with Gasteiger partial charge in [0.05, 0.1) is 0 Å². The van der Waals surface area contributed by atoms with E-state index in [-0.39, 0.29) is 12.2 Å². The van der Waals surface area contributed by atoms with Crippen molar-refractivity contribution in [2.45, 2.75) is 72.0 Å². The van der Waals surface area contributed by atoms with Crippen LogP contribution in [0.3, 0.4) is 0 Å². The van der Waals surface area contributed by atoms with Crippen LogP contribution < -0.4 is 16.0 Å². The molecule has 0 aromatic carbocycles. The normalized spacial score (nSPS) is 14.5. The van der Waals surface area contributed by atoms with Crippen molar-refractivity contribution in [1.82, 2.24) is 20.9 Å². The summed E-state index contributed by atoms with van der Waals surface area (Å²) >= 11 is 3.19. The molecule has 0 aromatic heterocycles. The third-order valence-electron chi connectivity index (χ3n) is 3.76. The molecule has 0 spiro atoms. The highest BCUT2D eigenvalue weighted by atomic mass is 79.9. The van der Waals surface area contributed by atoms with Crippen LogP contribution in [0.15, 0.2) is 0 Å². The molecular formula is C21H43BrN4O4. The zero-order valence-electron chi connectivity index (χ0n) is 19.7. The number of likely N-dealkylation sites (tertiary alicyclic amines) is 1. The second-order valence-electron chi connectivity index (χ2n) is 9.20. The Morgan fingerprint density at radius 3 is 1.80 bits per heavy atom. The van der Waals surface area contributed by atoms with Gasteiger partial charge in [-0.3, -0.25) is 0 Å². The summed E-state index contributed by atoms with van der Waals surface area (Å²) in [5.74, 6) is 0. The van der Waals surface area contributed by atoms with Crippen LogP contribution in [0.5, 0.6) is 0 Å². The molecule has 8 nitrogen and oxygen atoms in total. The fourth-order valence-electron chi connectivity index (χ4n) is 2.59. The Hall–Kier alpha value is -1.06. The standard InChI is InChI=1S/C14H29N3O2.C7H14BrNO2/c1-14(2,3)19-13(18)16-9-8-15-7-6-12-17-10-4-5-11-17;1-7(2,3)11-6(10)9-5-4-8/h15H,4-12H2,1-3H3,(H,16,18);4-5H2,1-3H3,(H,9,10). The molecule has 0 aliphatic carbocycles. The predicted molar refractivity (Wildman–Crippen MR) is 125 cm³/mol. The molecule has 0 atom stereocenters. The minimum absolute atomic E-state index is 0.341. The van der Waals surface area contributed by atoms with Crippen molar-refractivity contribution in [3.8, 4) is 0 Å². The summed E-state index contributed by atoms with van der Waals surface area (Å²) in [6.07, 6.45) is 3.18. The van der Waals surface area contributed by atoms with Gasteiger partial charge in [-0.2, -0.15) is 0 Å². The number of carbonyl (C=O) groups excluding carboxylic acids is 2. The van der Waals surface area contributed by atoms with Crippen molar-refractivity contribution < 1.29 is 19.1 Å². The lowest BCUT2D eigenvalue weighted by molar-refractivity contribution is 0.0518. The first-order valence-electron chi connectivity index (χ1n) is 10.9. The third kappa shape index (κ3) is 20.2. The van der Waals surface area contributed by atoms with Gasteiger partial charge in [0.15, 0.2) is 0 Å². The third-order valence-corrected chi connectivity index (χ3v) is 4.16. The van der Waals surface area contributed by atoms with E-state index in [9.17, 15) is 9.59 Å². The van der Waals surface area contributed by atoms with Crippen LogP contribution >= 0.6 is 15.9 Å². The van der Waals surface area contributed by atoms with Crippen molar-refractivity contribution in [2.75, 3.05) is 51.1 Å². The van der Waals surface area contributed by atoms with E-state index in [0.717, 1.165) is 18.4 Å². The van der Waals surface area contributed by atoms with Crippen LogP contribution in [0, 0.1) is 0 Å². The number of amides is 2. The molecule has 9 heteroatoms. The van der Waals surface area contributed by atoms with Crippen molar-refractivity contribution >= 4 is 28.1 Å². The number of alkyl carbamates (subject to hydrolysis) is 2. The van der Waals surface area contributed by atoms with E-state index < -0.39 is 11.2 Å². The molecule has 1 heterocycles. The minimum Gasteiger partial charge on any atom is -0.444 e. The summed E-state index contributed by atoms with van der Waals surface area (Å²) in [6.45, 7) is 17.8. The van der Waals surface area contributed by atoms with Crippen molar-refractivity contribution in [3.63, 3.8) is 0 Å². The maximum Gasteiger partial charge on any atom is 0.407 e. The van der Waals surface area contributed by atoms with Gasteiger partial charge in [-0.15, -0.1) is 0 Å². The van der Waals surface area contributed by atoms with Gasteiger partial charge in [0.25, 0.3) is 0 Å². The maximum absolute atomic E-state index is 11.4.